The summed E-state index contributed by atoms with van der Waals surface area (Å²) in [5.74, 6) is 1.05. The highest BCUT2D eigenvalue weighted by atomic mass is 32.1. The van der Waals surface area contributed by atoms with Crippen LogP contribution in [0.5, 0.6) is 11.6 Å². The molecule has 1 saturated heterocycles. The Morgan fingerprint density at radius 1 is 1.29 bits per heavy atom. The van der Waals surface area contributed by atoms with E-state index in [0.29, 0.717) is 0 Å². The third-order valence-corrected chi connectivity index (χ3v) is 5.83. The van der Waals surface area contributed by atoms with Gasteiger partial charge < -0.3 is 14.7 Å². The predicted octanol–water partition coefficient (Wildman–Crippen LogP) is 1.66. The monoisotopic (exact) mass is 345 g/mol. The first kappa shape index (κ1) is 15.4. The smallest absolute Gasteiger partial charge is 0.235 e. The molecule has 7 heteroatoms. The third-order valence-electron chi connectivity index (χ3n) is 4.73. The number of quaternary nitrogens is 1. The highest BCUT2D eigenvalue weighted by Crippen LogP contribution is 2.35. The second kappa shape index (κ2) is 6.41. The Balaban J connectivity index is 1.82. The van der Waals surface area contributed by atoms with Gasteiger partial charge in [0.2, 0.25) is 10.8 Å². The van der Waals surface area contributed by atoms with Crippen LogP contribution >= 0.6 is 11.3 Å². The minimum Gasteiger partial charge on any atom is -0.497 e. The van der Waals surface area contributed by atoms with E-state index in [1.54, 1.807) is 7.11 Å². The van der Waals surface area contributed by atoms with Crippen molar-refractivity contribution in [2.24, 2.45) is 0 Å². The Morgan fingerprint density at radius 3 is 2.88 bits per heavy atom. The molecule has 1 aliphatic heterocycles. The van der Waals surface area contributed by atoms with Gasteiger partial charge in [0, 0.05) is 5.56 Å². The number of piperidine rings is 1. The van der Waals surface area contributed by atoms with Crippen LogP contribution in [0.15, 0.2) is 30.6 Å². The molecule has 0 bridgehead atoms. The van der Waals surface area contributed by atoms with E-state index >= 15 is 0 Å². The zero-order chi connectivity index (χ0) is 16.5. The quantitative estimate of drug-likeness (QED) is 0.755. The maximum atomic E-state index is 10.7. The molecule has 1 aromatic carbocycles. The van der Waals surface area contributed by atoms with Crippen molar-refractivity contribution < 1.29 is 14.7 Å². The first-order chi connectivity index (χ1) is 11.8. The topological polar surface area (TPSA) is 64.1 Å². The second-order valence-corrected chi connectivity index (χ2v) is 7.18. The number of nitrogens with one attached hydrogen (secondary N) is 1. The van der Waals surface area contributed by atoms with E-state index in [2.05, 4.69) is 22.2 Å². The fourth-order valence-corrected chi connectivity index (χ4v) is 4.69. The largest absolute Gasteiger partial charge is 0.497 e. The van der Waals surface area contributed by atoms with Crippen molar-refractivity contribution in [1.29, 1.82) is 0 Å². The highest BCUT2D eigenvalue weighted by Gasteiger charge is 2.33. The average Bonchev–Trinajstić information content (AvgIpc) is 3.20. The van der Waals surface area contributed by atoms with Crippen LogP contribution in [0.3, 0.4) is 0 Å². The third kappa shape index (κ3) is 2.63. The summed E-state index contributed by atoms with van der Waals surface area (Å²) in [6, 6.07) is 8.23. The lowest BCUT2D eigenvalue weighted by Gasteiger charge is -2.31. The first-order valence-corrected chi connectivity index (χ1v) is 9.09. The molecule has 0 radical (unpaired) electrons. The van der Waals surface area contributed by atoms with Crippen LogP contribution in [0.25, 0.3) is 4.96 Å². The lowest BCUT2D eigenvalue weighted by Crippen LogP contribution is -3.13. The molecule has 126 valence electrons. The summed E-state index contributed by atoms with van der Waals surface area (Å²) in [5.41, 5.74) is 1.16. The Hall–Kier alpha value is -2.12. The molecule has 24 heavy (non-hydrogen) atoms. The van der Waals surface area contributed by atoms with Gasteiger partial charge in [-0.25, -0.2) is 4.98 Å². The van der Waals surface area contributed by atoms with E-state index in [1.807, 2.05) is 12.1 Å². The molecule has 1 fully saturated rings. The van der Waals surface area contributed by atoms with Crippen LogP contribution < -0.4 is 9.64 Å². The number of hydrogen-bond donors (Lipinski definition) is 2. The van der Waals surface area contributed by atoms with Crippen molar-refractivity contribution in [2.45, 2.75) is 25.3 Å². The van der Waals surface area contributed by atoms with Gasteiger partial charge in [-0.1, -0.05) is 23.5 Å². The van der Waals surface area contributed by atoms with Gasteiger partial charge in [0.1, 0.15) is 17.0 Å². The van der Waals surface area contributed by atoms with Crippen molar-refractivity contribution in [2.75, 3.05) is 20.2 Å². The Kier molecular flexibility index (Phi) is 4.12. The molecule has 6 nitrogen and oxygen atoms in total. The van der Waals surface area contributed by atoms with E-state index in [9.17, 15) is 5.11 Å². The van der Waals surface area contributed by atoms with Crippen molar-refractivity contribution in [1.82, 2.24) is 14.6 Å². The zero-order valence-electron chi connectivity index (χ0n) is 13.6. The van der Waals surface area contributed by atoms with Crippen LogP contribution in [-0.4, -0.2) is 39.9 Å². The molecule has 3 aromatic rings. The normalized spacial score (nSPS) is 17.2. The van der Waals surface area contributed by atoms with Crippen LogP contribution in [0.1, 0.15) is 35.7 Å². The number of methoxy groups -OCH3 is 1. The number of aromatic hydroxyl groups is 1. The number of ether oxygens (including phenoxy) is 1. The SMILES string of the molecule is COc1cccc([C@H](c2sc3ncnn3c2O)[NH+]2CCCCC2)c1. The van der Waals surface area contributed by atoms with Gasteiger partial charge in [-0.3, -0.25) is 0 Å². The molecule has 3 heterocycles. The molecule has 0 saturated carbocycles. The van der Waals surface area contributed by atoms with Gasteiger partial charge >= 0.3 is 0 Å². The number of benzene rings is 1. The van der Waals surface area contributed by atoms with Gasteiger partial charge in [0.25, 0.3) is 0 Å². The molecular weight excluding hydrogens is 324 g/mol. The number of thiazole rings is 1. The van der Waals surface area contributed by atoms with Crippen molar-refractivity contribution in [3.63, 3.8) is 0 Å². The minimum atomic E-state index is 0.0777. The van der Waals surface area contributed by atoms with E-state index in [-0.39, 0.29) is 11.9 Å². The number of nitrogens with zero attached hydrogens (tertiary/aromatic N) is 3. The van der Waals surface area contributed by atoms with Gasteiger partial charge in [0.15, 0.2) is 6.04 Å². The summed E-state index contributed by atoms with van der Waals surface area (Å²) < 4.78 is 6.93. The summed E-state index contributed by atoms with van der Waals surface area (Å²) in [6.45, 7) is 2.21. The summed E-state index contributed by atoms with van der Waals surface area (Å²) in [6.07, 6.45) is 5.20. The summed E-state index contributed by atoms with van der Waals surface area (Å²) >= 11 is 1.52. The van der Waals surface area contributed by atoms with Gasteiger partial charge in [-0.15, -0.1) is 0 Å². The number of likely N-dealkylation sites (tertiary alicyclic amines) is 1. The fourth-order valence-electron chi connectivity index (χ4n) is 3.57. The fraction of sp³-hybridized carbons (Fsp3) is 0.412. The minimum absolute atomic E-state index is 0.0777. The van der Waals surface area contributed by atoms with Crippen LogP contribution in [0.4, 0.5) is 0 Å². The van der Waals surface area contributed by atoms with Crippen molar-refractivity contribution in [3.8, 4) is 11.6 Å². The number of aromatic nitrogens is 3. The maximum Gasteiger partial charge on any atom is 0.235 e. The standard InChI is InChI=1S/C17H20N4O2S/c1-23-13-7-5-6-12(10-13)14(20-8-3-2-4-9-20)15-16(22)21-17(24-15)18-11-19-21/h5-7,10-11,14,22H,2-4,8-9H2,1H3/p+1/t14-/m1/s1. The van der Waals surface area contributed by atoms with Crippen LogP contribution in [0, 0.1) is 0 Å². The lowest BCUT2D eigenvalue weighted by molar-refractivity contribution is -0.929. The van der Waals surface area contributed by atoms with Crippen LogP contribution in [-0.2, 0) is 0 Å². The Bertz CT molecular complexity index is 838. The molecule has 0 unspecified atom stereocenters. The number of rotatable bonds is 4. The summed E-state index contributed by atoms with van der Waals surface area (Å²) in [7, 11) is 1.68. The molecular formula is C17H21N4O2S+. The van der Waals surface area contributed by atoms with Crippen molar-refractivity contribution >= 4 is 16.3 Å². The Labute approximate surface area is 144 Å². The number of hydrogen-bond acceptors (Lipinski definition) is 5. The van der Waals surface area contributed by atoms with E-state index in [0.717, 1.165) is 34.2 Å². The van der Waals surface area contributed by atoms with Gasteiger partial charge in [0.05, 0.1) is 20.2 Å². The molecule has 0 aliphatic carbocycles. The molecule has 0 amide bonds. The molecule has 2 N–H and O–H groups in total. The van der Waals surface area contributed by atoms with Gasteiger partial charge in [-0.2, -0.15) is 9.61 Å². The van der Waals surface area contributed by atoms with E-state index < -0.39 is 0 Å². The average molecular weight is 345 g/mol. The first-order valence-electron chi connectivity index (χ1n) is 8.28. The zero-order valence-corrected chi connectivity index (χ0v) is 14.4. The second-order valence-electron chi connectivity index (χ2n) is 6.17. The maximum absolute atomic E-state index is 10.7. The van der Waals surface area contributed by atoms with Crippen LogP contribution in [0.2, 0.25) is 0 Å². The molecule has 1 atom stereocenters. The highest BCUT2D eigenvalue weighted by molar-refractivity contribution is 7.17. The van der Waals surface area contributed by atoms with Crippen molar-refractivity contribution in [3.05, 3.63) is 41.0 Å². The molecule has 2 aromatic heterocycles. The molecule has 4 rings (SSSR count). The molecule has 0 spiro atoms. The molecule has 1 aliphatic rings. The number of fused-ring (bicyclic) bond motifs is 1. The van der Waals surface area contributed by atoms with Gasteiger partial charge in [-0.05, 0) is 31.4 Å². The van der Waals surface area contributed by atoms with E-state index in [1.165, 1.54) is 46.3 Å². The summed E-state index contributed by atoms with van der Waals surface area (Å²) in [5, 5.41) is 14.8. The summed E-state index contributed by atoms with van der Waals surface area (Å²) in [4.78, 5) is 7.37. The predicted molar refractivity (Wildman–Crippen MR) is 91.9 cm³/mol. The van der Waals surface area contributed by atoms with E-state index in [4.69, 9.17) is 4.74 Å². The lowest BCUT2D eigenvalue weighted by atomic mass is 10.00. The Morgan fingerprint density at radius 2 is 2.12 bits per heavy atom.